The van der Waals surface area contributed by atoms with Crippen LogP contribution in [0.4, 0.5) is 26.3 Å². The van der Waals surface area contributed by atoms with E-state index in [0.29, 0.717) is 11.1 Å². The number of alkyl halides is 4. The summed E-state index contributed by atoms with van der Waals surface area (Å²) < 4.78 is 83.1. The predicted molar refractivity (Wildman–Crippen MR) is 134 cm³/mol. The van der Waals surface area contributed by atoms with Crippen molar-refractivity contribution in [2.45, 2.75) is 71.6 Å². The van der Waals surface area contributed by atoms with Gasteiger partial charge in [0.1, 0.15) is 5.67 Å². The molecule has 200 valence electrons. The molecule has 1 aliphatic carbocycles. The van der Waals surface area contributed by atoms with Crippen LogP contribution in [0.1, 0.15) is 58.9 Å². The molecule has 0 amide bonds. The van der Waals surface area contributed by atoms with E-state index in [-0.39, 0.29) is 60.2 Å². The number of hydrogen-bond acceptors (Lipinski definition) is 2. The largest absolute Gasteiger partial charge is 0.414 e. The van der Waals surface area contributed by atoms with Gasteiger partial charge in [0.25, 0.3) is 0 Å². The molecular weight excluding hydrogens is 490 g/mol. The Kier molecular flexibility index (Phi) is 9.65. The minimum absolute atomic E-state index is 0.0412. The molecule has 0 radical (unpaired) electrons. The van der Waals surface area contributed by atoms with Crippen molar-refractivity contribution in [2.24, 2.45) is 5.92 Å². The first kappa shape index (κ1) is 30.0. The van der Waals surface area contributed by atoms with E-state index < -0.39 is 35.0 Å². The maximum atomic E-state index is 15.4. The van der Waals surface area contributed by atoms with Crippen LogP contribution in [0, 0.1) is 28.9 Å². The third-order valence-electron chi connectivity index (χ3n) is 6.32. The van der Waals surface area contributed by atoms with Gasteiger partial charge in [-0.1, -0.05) is 37.8 Å². The Labute approximate surface area is 214 Å². The molecule has 2 rings (SSSR count). The summed E-state index contributed by atoms with van der Waals surface area (Å²) in [5, 5.41) is 12.6. The summed E-state index contributed by atoms with van der Waals surface area (Å²) in [5.74, 6) is -2.52. The molecule has 0 bridgehead atoms. The lowest BCUT2D eigenvalue weighted by Crippen LogP contribution is -2.24. The van der Waals surface area contributed by atoms with Crippen LogP contribution in [0.5, 0.6) is 0 Å². The van der Waals surface area contributed by atoms with E-state index in [1.165, 1.54) is 25.1 Å². The smallest absolute Gasteiger partial charge is 0.355 e. The van der Waals surface area contributed by atoms with Gasteiger partial charge in [-0.05, 0) is 75.7 Å². The van der Waals surface area contributed by atoms with Crippen LogP contribution in [-0.2, 0) is 6.42 Å². The molecule has 0 heterocycles. The van der Waals surface area contributed by atoms with Crippen molar-refractivity contribution in [1.82, 2.24) is 5.32 Å². The molecule has 2 unspecified atom stereocenters. The first-order valence-corrected chi connectivity index (χ1v) is 11.9. The number of nitriles is 1. The van der Waals surface area contributed by atoms with Crippen LogP contribution in [0.2, 0.25) is 0 Å². The molecule has 0 fully saturated rings. The van der Waals surface area contributed by atoms with Gasteiger partial charge in [0.15, 0.2) is 11.6 Å². The van der Waals surface area contributed by atoms with E-state index in [0.717, 1.165) is 6.07 Å². The second-order valence-electron chi connectivity index (χ2n) is 9.93. The van der Waals surface area contributed by atoms with E-state index in [1.54, 1.807) is 20.8 Å². The second kappa shape index (κ2) is 11.9. The number of benzene rings is 1. The molecule has 37 heavy (non-hydrogen) atoms. The van der Waals surface area contributed by atoms with Crippen LogP contribution >= 0.6 is 0 Å². The molecular formula is C29H32F6N2. The van der Waals surface area contributed by atoms with Gasteiger partial charge >= 0.3 is 6.18 Å². The fourth-order valence-electron chi connectivity index (χ4n) is 4.64. The van der Waals surface area contributed by atoms with E-state index in [1.807, 2.05) is 0 Å². The number of halogens is 6. The van der Waals surface area contributed by atoms with Gasteiger partial charge in [-0.3, -0.25) is 0 Å². The second-order valence-corrected chi connectivity index (χ2v) is 9.93. The fraction of sp³-hybridized carbons (Fsp3) is 0.414. The van der Waals surface area contributed by atoms with Gasteiger partial charge in [-0.15, -0.1) is 0 Å². The minimum Gasteiger partial charge on any atom is -0.355 e. The molecule has 0 aromatic heterocycles. The van der Waals surface area contributed by atoms with Crippen LogP contribution in [-0.4, -0.2) is 11.8 Å². The first-order valence-electron chi connectivity index (χ1n) is 11.9. The van der Waals surface area contributed by atoms with Gasteiger partial charge in [0, 0.05) is 29.0 Å². The van der Waals surface area contributed by atoms with Crippen molar-refractivity contribution in [3.63, 3.8) is 0 Å². The highest BCUT2D eigenvalue weighted by Crippen LogP contribution is 2.38. The number of allylic oxidation sites excluding steroid dienone is 5. The highest BCUT2D eigenvalue weighted by atomic mass is 19.4. The lowest BCUT2D eigenvalue weighted by Gasteiger charge is -2.26. The molecule has 8 heteroatoms. The van der Waals surface area contributed by atoms with Gasteiger partial charge in [0.05, 0.1) is 11.6 Å². The van der Waals surface area contributed by atoms with Crippen LogP contribution in [0.3, 0.4) is 0 Å². The van der Waals surface area contributed by atoms with Crippen molar-refractivity contribution in [1.29, 1.82) is 5.26 Å². The average molecular weight is 523 g/mol. The summed E-state index contributed by atoms with van der Waals surface area (Å²) in [6, 6.07) is 5.92. The van der Waals surface area contributed by atoms with Crippen molar-refractivity contribution in [2.75, 3.05) is 0 Å². The van der Waals surface area contributed by atoms with Crippen molar-refractivity contribution in [3.05, 3.63) is 93.9 Å². The summed E-state index contributed by atoms with van der Waals surface area (Å²) in [5.41, 5.74) is -1.05. The summed E-state index contributed by atoms with van der Waals surface area (Å²) in [4.78, 5) is 0. The average Bonchev–Trinajstić information content (AvgIpc) is 3.14. The highest BCUT2D eigenvalue weighted by Gasteiger charge is 2.38. The third kappa shape index (κ3) is 7.88. The number of nitrogens with one attached hydrogen (secondary N) is 1. The Morgan fingerprint density at radius 1 is 1.19 bits per heavy atom. The fourth-order valence-corrected chi connectivity index (χ4v) is 4.64. The lowest BCUT2D eigenvalue weighted by atomic mass is 9.83. The first-order chi connectivity index (χ1) is 17.1. The summed E-state index contributed by atoms with van der Waals surface area (Å²) in [6.07, 6.45) is -3.00. The monoisotopic (exact) mass is 522 g/mol. The topological polar surface area (TPSA) is 35.8 Å². The van der Waals surface area contributed by atoms with Gasteiger partial charge in [-0.2, -0.15) is 18.4 Å². The van der Waals surface area contributed by atoms with Crippen molar-refractivity contribution in [3.8, 4) is 6.07 Å². The van der Waals surface area contributed by atoms with Crippen LogP contribution in [0.25, 0.3) is 0 Å². The molecule has 0 aliphatic heterocycles. The maximum Gasteiger partial charge on any atom is 0.414 e. The Balaban J connectivity index is 2.21. The zero-order valence-electron chi connectivity index (χ0n) is 21.6. The Morgan fingerprint density at radius 2 is 1.84 bits per heavy atom. The van der Waals surface area contributed by atoms with Gasteiger partial charge in [0.2, 0.25) is 0 Å². The van der Waals surface area contributed by atoms with Crippen molar-refractivity contribution >= 4 is 0 Å². The third-order valence-corrected chi connectivity index (χ3v) is 6.32. The normalized spacial score (nSPS) is 16.9. The molecule has 1 aromatic carbocycles. The Morgan fingerprint density at radius 3 is 2.41 bits per heavy atom. The number of hydrogen-bond donors (Lipinski definition) is 1. The zero-order valence-corrected chi connectivity index (χ0v) is 21.6. The van der Waals surface area contributed by atoms with Crippen LogP contribution in [0.15, 0.2) is 76.7 Å². The van der Waals surface area contributed by atoms with E-state index in [4.69, 9.17) is 0 Å². The highest BCUT2D eigenvalue weighted by molar-refractivity contribution is 5.53. The molecule has 2 nitrogen and oxygen atoms in total. The molecule has 0 spiro atoms. The van der Waals surface area contributed by atoms with E-state index in [2.05, 4.69) is 24.5 Å². The number of aryl methyl sites for hydroxylation is 1. The maximum absolute atomic E-state index is 15.4. The summed E-state index contributed by atoms with van der Waals surface area (Å²) in [6.45, 7) is 13.9. The van der Waals surface area contributed by atoms with Gasteiger partial charge < -0.3 is 5.32 Å². The Hall–Kier alpha value is -3.21. The number of nitrogens with zero attached hydrogens (tertiary/aromatic N) is 1. The Bertz CT molecular complexity index is 1190. The van der Waals surface area contributed by atoms with Gasteiger partial charge in [-0.25, -0.2) is 13.2 Å². The molecule has 2 atom stereocenters. The molecule has 0 saturated heterocycles. The van der Waals surface area contributed by atoms with Crippen molar-refractivity contribution < 1.29 is 26.3 Å². The summed E-state index contributed by atoms with van der Waals surface area (Å²) in [7, 11) is 0. The lowest BCUT2D eigenvalue weighted by molar-refractivity contribution is -0.0935. The van der Waals surface area contributed by atoms with E-state index in [9.17, 15) is 27.2 Å². The molecule has 0 saturated carbocycles. The standard InChI is InChI=1S/C29H32F6N2/c1-17(2)26(20(5)37-25-14-18(3)13-23(25)29(33,34)35)22(16-36)19(4)15-28(6,32)12-8-10-21-9-7-11-24(30)27(21)31/h7,9,11,14,19,37H,1,5,8,10,12-13,15H2,2-4,6H3/b26-22+. The molecule has 1 aromatic rings. The molecule has 1 N–H and O–H groups in total. The minimum atomic E-state index is -4.53. The SMILES string of the molecule is C=C(C)/C(C(=C)NC1=C(C(F)(F)F)CC(C)=C1)=C(/C#N)C(C)CC(C)(F)CCCc1cccc(F)c1F. The van der Waals surface area contributed by atoms with E-state index >= 15 is 4.39 Å². The zero-order chi connectivity index (χ0) is 28.1. The number of rotatable bonds is 11. The molecule has 1 aliphatic rings. The predicted octanol–water partition coefficient (Wildman–Crippen LogP) is 8.71. The van der Waals surface area contributed by atoms with Crippen LogP contribution < -0.4 is 5.32 Å². The quantitative estimate of drug-likeness (QED) is 0.179. The summed E-state index contributed by atoms with van der Waals surface area (Å²) >= 11 is 0.